The van der Waals surface area contributed by atoms with Crippen LogP contribution >= 0.6 is 0 Å². The van der Waals surface area contributed by atoms with Crippen LogP contribution in [0.25, 0.3) is 0 Å². The number of carbonyl (C=O) groups is 1. The third-order valence-electron chi connectivity index (χ3n) is 6.15. The van der Waals surface area contributed by atoms with Gasteiger partial charge in [-0.3, -0.25) is 4.79 Å². The number of benzene rings is 2. The first kappa shape index (κ1) is 26.3. The average molecular weight is 526 g/mol. The van der Waals surface area contributed by atoms with E-state index in [0.29, 0.717) is 56.1 Å². The number of carbonyl (C=O) groups excluding carboxylic acids is 1. The summed E-state index contributed by atoms with van der Waals surface area (Å²) in [6.45, 7) is 5.70. The van der Waals surface area contributed by atoms with Gasteiger partial charge in [0, 0.05) is 50.8 Å². The third kappa shape index (κ3) is 5.97. The number of piperidine rings is 1. The molecule has 11 nitrogen and oxygen atoms in total. The summed E-state index contributed by atoms with van der Waals surface area (Å²) in [7, 11) is -2.11. The SMILES string of the molecule is CCN(CC)S(=O)(=O)c1ccccc1Nc1ncnc(Nc2ccc(N3CCC(=O)CC3)cc2OC)n1. The number of hydrogen-bond acceptors (Lipinski definition) is 10. The van der Waals surface area contributed by atoms with E-state index in [1.165, 1.54) is 10.6 Å². The molecule has 1 aromatic heterocycles. The van der Waals surface area contributed by atoms with Crippen LogP contribution in [-0.4, -0.2) is 66.7 Å². The van der Waals surface area contributed by atoms with Gasteiger partial charge in [-0.25, -0.2) is 18.4 Å². The first-order valence-electron chi connectivity index (χ1n) is 12.1. The van der Waals surface area contributed by atoms with Crippen LogP contribution in [0.1, 0.15) is 26.7 Å². The first-order chi connectivity index (χ1) is 17.8. The zero-order valence-corrected chi connectivity index (χ0v) is 22.0. The van der Waals surface area contributed by atoms with E-state index in [-0.39, 0.29) is 22.6 Å². The maximum Gasteiger partial charge on any atom is 0.245 e. The lowest BCUT2D eigenvalue weighted by molar-refractivity contribution is -0.119. The standard InChI is InChI=1S/C25H31N7O4S/c1-4-32(5-2)37(34,35)23-9-7-6-8-21(23)29-25-27-17-26-24(30-25)28-20-11-10-18(16-22(20)36-3)31-14-12-19(33)13-15-31/h6-11,16-17H,4-5,12-15H2,1-3H3,(H2,26,27,28,29,30). The number of nitrogens with zero attached hydrogens (tertiary/aromatic N) is 5. The summed E-state index contributed by atoms with van der Waals surface area (Å²) in [5, 5.41) is 6.16. The van der Waals surface area contributed by atoms with Crippen molar-refractivity contribution in [3.05, 3.63) is 48.8 Å². The predicted octanol–water partition coefficient (Wildman–Crippen LogP) is 3.57. The predicted molar refractivity (Wildman–Crippen MR) is 142 cm³/mol. The van der Waals surface area contributed by atoms with Crippen molar-refractivity contribution in [1.82, 2.24) is 19.3 Å². The Bertz CT molecular complexity index is 1350. The lowest BCUT2D eigenvalue weighted by Crippen LogP contribution is -2.33. The van der Waals surface area contributed by atoms with Crippen molar-refractivity contribution in [1.29, 1.82) is 0 Å². The van der Waals surface area contributed by atoms with Crippen molar-refractivity contribution in [2.24, 2.45) is 0 Å². The summed E-state index contributed by atoms with van der Waals surface area (Å²) in [6.07, 6.45) is 2.43. The molecule has 0 spiro atoms. The van der Waals surface area contributed by atoms with Crippen LogP contribution in [0.3, 0.4) is 0 Å². The Morgan fingerprint density at radius 2 is 1.62 bits per heavy atom. The van der Waals surface area contributed by atoms with E-state index in [1.807, 2.05) is 18.2 Å². The second-order valence-corrected chi connectivity index (χ2v) is 10.3. The molecule has 0 unspecified atom stereocenters. The highest BCUT2D eigenvalue weighted by Crippen LogP contribution is 2.32. The van der Waals surface area contributed by atoms with Gasteiger partial charge < -0.3 is 20.3 Å². The van der Waals surface area contributed by atoms with E-state index < -0.39 is 10.0 Å². The number of nitrogens with one attached hydrogen (secondary N) is 2. The quantitative estimate of drug-likeness (QED) is 0.405. The molecule has 196 valence electrons. The number of sulfonamides is 1. The Hall–Kier alpha value is -3.77. The minimum Gasteiger partial charge on any atom is -0.494 e. The molecular formula is C25H31N7O4S. The minimum absolute atomic E-state index is 0.144. The van der Waals surface area contributed by atoms with Gasteiger partial charge in [0.25, 0.3) is 0 Å². The number of hydrogen-bond donors (Lipinski definition) is 2. The Labute approximate surface area is 217 Å². The fourth-order valence-corrected chi connectivity index (χ4v) is 5.75. The molecule has 0 radical (unpaired) electrons. The molecular weight excluding hydrogens is 494 g/mol. The molecule has 1 aliphatic heterocycles. The lowest BCUT2D eigenvalue weighted by atomic mass is 10.1. The number of aromatic nitrogens is 3. The molecule has 3 aromatic rings. The van der Waals surface area contributed by atoms with Gasteiger partial charge in [-0.1, -0.05) is 26.0 Å². The Morgan fingerprint density at radius 1 is 0.973 bits per heavy atom. The summed E-state index contributed by atoms with van der Waals surface area (Å²) < 4.78 is 33.2. The normalized spacial score (nSPS) is 14.1. The Kier molecular flexibility index (Phi) is 8.19. The summed E-state index contributed by atoms with van der Waals surface area (Å²) in [4.78, 5) is 26.6. The van der Waals surface area contributed by atoms with Crippen molar-refractivity contribution in [2.45, 2.75) is 31.6 Å². The smallest absolute Gasteiger partial charge is 0.245 e. The molecule has 12 heteroatoms. The van der Waals surface area contributed by atoms with Gasteiger partial charge in [-0.15, -0.1) is 0 Å². The number of ketones is 1. The monoisotopic (exact) mass is 525 g/mol. The van der Waals surface area contributed by atoms with Crippen molar-refractivity contribution in [3.8, 4) is 5.75 Å². The highest BCUT2D eigenvalue weighted by Gasteiger charge is 2.25. The summed E-state index contributed by atoms with van der Waals surface area (Å²) in [5.41, 5.74) is 1.99. The van der Waals surface area contributed by atoms with E-state index in [4.69, 9.17) is 4.74 Å². The third-order valence-corrected chi connectivity index (χ3v) is 8.25. The molecule has 2 N–H and O–H groups in total. The van der Waals surface area contributed by atoms with E-state index in [2.05, 4.69) is 30.5 Å². The number of anilines is 5. The molecule has 0 aliphatic carbocycles. The van der Waals surface area contributed by atoms with Crippen LogP contribution in [-0.2, 0) is 14.8 Å². The van der Waals surface area contributed by atoms with Gasteiger partial charge in [-0.05, 0) is 24.3 Å². The molecule has 1 saturated heterocycles. The van der Waals surface area contributed by atoms with Gasteiger partial charge in [-0.2, -0.15) is 9.29 Å². The van der Waals surface area contributed by atoms with Gasteiger partial charge in [0.1, 0.15) is 22.8 Å². The van der Waals surface area contributed by atoms with Crippen LogP contribution in [0.15, 0.2) is 53.7 Å². The number of Topliss-reactive ketones (excluding diaryl/α,β-unsaturated/α-hetero) is 1. The molecule has 37 heavy (non-hydrogen) atoms. The second kappa shape index (κ2) is 11.5. The van der Waals surface area contributed by atoms with Crippen molar-refractivity contribution >= 4 is 44.8 Å². The maximum atomic E-state index is 13.1. The van der Waals surface area contributed by atoms with Gasteiger partial charge in [0.15, 0.2) is 0 Å². The van der Waals surface area contributed by atoms with Gasteiger partial charge in [0.05, 0.1) is 18.5 Å². The number of methoxy groups -OCH3 is 1. The van der Waals surface area contributed by atoms with Crippen molar-refractivity contribution in [2.75, 3.05) is 48.8 Å². The van der Waals surface area contributed by atoms with Crippen LogP contribution in [0, 0.1) is 0 Å². The molecule has 1 fully saturated rings. The summed E-state index contributed by atoms with van der Waals surface area (Å²) in [6, 6.07) is 12.4. The first-order valence-corrected chi connectivity index (χ1v) is 13.6. The van der Waals surface area contributed by atoms with E-state index >= 15 is 0 Å². The molecule has 0 atom stereocenters. The highest BCUT2D eigenvalue weighted by atomic mass is 32.2. The Balaban J connectivity index is 1.55. The summed E-state index contributed by atoms with van der Waals surface area (Å²) in [5.74, 6) is 1.33. The van der Waals surface area contributed by atoms with Crippen LogP contribution in [0.4, 0.5) is 29.0 Å². The zero-order chi connectivity index (χ0) is 26.4. The minimum atomic E-state index is -3.69. The number of ether oxygens (including phenoxy) is 1. The molecule has 2 heterocycles. The number of para-hydroxylation sites is 1. The van der Waals surface area contributed by atoms with Gasteiger partial charge >= 0.3 is 0 Å². The van der Waals surface area contributed by atoms with E-state index in [1.54, 1.807) is 45.2 Å². The molecule has 0 amide bonds. The average Bonchev–Trinajstić information content (AvgIpc) is 2.90. The van der Waals surface area contributed by atoms with E-state index in [0.717, 1.165) is 5.69 Å². The van der Waals surface area contributed by atoms with Crippen molar-refractivity contribution in [3.63, 3.8) is 0 Å². The molecule has 4 rings (SSSR count). The van der Waals surface area contributed by atoms with E-state index in [9.17, 15) is 13.2 Å². The van der Waals surface area contributed by atoms with Crippen LogP contribution in [0.2, 0.25) is 0 Å². The fourth-order valence-electron chi connectivity index (χ4n) is 4.15. The van der Waals surface area contributed by atoms with Crippen LogP contribution in [0.5, 0.6) is 5.75 Å². The number of rotatable bonds is 10. The summed E-state index contributed by atoms with van der Waals surface area (Å²) >= 11 is 0. The Morgan fingerprint density at radius 3 is 2.27 bits per heavy atom. The molecule has 1 aliphatic rings. The largest absolute Gasteiger partial charge is 0.494 e. The fraction of sp³-hybridized carbons (Fsp3) is 0.360. The molecule has 0 saturated carbocycles. The van der Waals surface area contributed by atoms with Crippen molar-refractivity contribution < 1.29 is 17.9 Å². The maximum absolute atomic E-state index is 13.1. The topological polar surface area (TPSA) is 130 Å². The zero-order valence-electron chi connectivity index (χ0n) is 21.1. The lowest BCUT2D eigenvalue weighted by Gasteiger charge is -2.28. The van der Waals surface area contributed by atoms with Crippen LogP contribution < -0.4 is 20.3 Å². The molecule has 0 bridgehead atoms. The highest BCUT2D eigenvalue weighted by molar-refractivity contribution is 7.89. The van der Waals surface area contributed by atoms with Gasteiger partial charge in [0.2, 0.25) is 21.9 Å². The second-order valence-electron chi connectivity index (χ2n) is 8.38. The molecule has 2 aromatic carbocycles.